The monoisotopic (exact) mass is 631 g/mol. The van der Waals surface area contributed by atoms with Crippen molar-refractivity contribution in [2.24, 2.45) is 0 Å². The van der Waals surface area contributed by atoms with Gasteiger partial charge in [0.1, 0.15) is 11.2 Å². The summed E-state index contributed by atoms with van der Waals surface area (Å²) in [6, 6.07) is 52.7. The highest BCUT2D eigenvalue weighted by molar-refractivity contribution is 7.25. The van der Waals surface area contributed by atoms with Gasteiger partial charge in [-0.25, -0.2) is 15.0 Å². The molecule has 0 bridgehead atoms. The molecule has 0 saturated heterocycles. The number of hydrogen-bond acceptors (Lipinski definition) is 5. The molecule has 0 aliphatic heterocycles. The lowest BCUT2D eigenvalue weighted by Crippen LogP contribution is -2.00. The molecular formula is C43H25N3OS. The lowest BCUT2D eigenvalue weighted by Gasteiger charge is -2.11. The Morgan fingerprint density at radius 2 is 1.02 bits per heavy atom. The highest BCUT2D eigenvalue weighted by Gasteiger charge is 2.20. The largest absolute Gasteiger partial charge is 0.456 e. The van der Waals surface area contributed by atoms with Crippen LogP contribution in [0, 0.1) is 0 Å². The van der Waals surface area contributed by atoms with E-state index in [-0.39, 0.29) is 0 Å². The maximum Gasteiger partial charge on any atom is 0.164 e. The number of benzene rings is 7. The molecule has 224 valence electrons. The van der Waals surface area contributed by atoms with Gasteiger partial charge < -0.3 is 4.42 Å². The molecule has 0 aliphatic carbocycles. The van der Waals surface area contributed by atoms with Crippen LogP contribution in [-0.4, -0.2) is 15.0 Å². The average Bonchev–Trinajstić information content (AvgIpc) is 3.71. The minimum Gasteiger partial charge on any atom is -0.456 e. The van der Waals surface area contributed by atoms with Crippen molar-refractivity contribution in [3.8, 4) is 45.3 Å². The predicted octanol–water partition coefficient (Wildman–Crippen LogP) is 12.0. The lowest BCUT2D eigenvalue weighted by atomic mass is 9.96. The Hall–Kier alpha value is -6.17. The average molecular weight is 632 g/mol. The van der Waals surface area contributed by atoms with Crippen molar-refractivity contribution >= 4 is 64.2 Å². The molecule has 10 aromatic rings. The van der Waals surface area contributed by atoms with E-state index in [1.165, 1.54) is 20.2 Å². The van der Waals surface area contributed by atoms with Gasteiger partial charge in [0.15, 0.2) is 17.5 Å². The third kappa shape index (κ3) is 4.40. The van der Waals surface area contributed by atoms with Gasteiger partial charge in [-0.1, -0.05) is 109 Å². The molecule has 48 heavy (non-hydrogen) atoms. The van der Waals surface area contributed by atoms with Crippen molar-refractivity contribution in [2.45, 2.75) is 0 Å². The first kappa shape index (κ1) is 27.0. The quantitative estimate of drug-likeness (QED) is 0.194. The van der Waals surface area contributed by atoms with E-state index in [9.17, 15) is 0 Å². The SMILES string of the molecule is c1ccc(-c2nc(-c3ccccc3)nc(-c3cc(-c4ccc5sc6ccccc6c5c4)cc4oc5cc6ccccc6cc5c34)n2)cc1. The smallest absolute Gasteiger partial charge is 0.164 e. The molecule has 7 aromatic carbocycles. The maximum atomic E-state index is 6.69. The van der Waals surface area contributed by atoms with Gasteiger partial charge in [-0.3, -0.25) is 0 Å². The second-order valence-corrected chi connectivity index (χ2v) is 13.1. The molecule has 0 radical (unpaired) electrons. The molecule has 4 nitrogen and oxygen atoms in total. The third-order valence-electron chi connectivity index (χ3n) is 9.09. The Balaban J connectivity index is 1.29. The van der Waals surface area contributed by atoms with E-state index in [0.717, 1.165) is 60.5 Å². The summed E-state index contributed by atoms with van der Waals surface area (Å²) in [4.78, 5) is 15.3. The van der Waals surface area contributed by atoms with Crippen LogP contribution < -0.4 is 0 Å². The van der Waals surface area contributed by atoms with E-state index in [1.54, 1.807) is 0 Å². The molecule has 0 aliphatic rings. The van der Waals surface area contributed by atoms with Gasteiger partial charge in [0, 0.05) is 47.6 Å². The minimum absolute atomic E-state index is 0.604. The first-order valence-corrected chi connectivity index (χ1v) is 16.7. The summed E-state index contributed by atoms with van der Waals surface area (Å²) in [6.45, 7) is 0. The summed E-state index contributed by atoms with van der Waals surface area (Å²) in [5.74, 6) is 1.86. The molecule has 3 aromatic heterocycles. The fourth-order valence-corrected chi connectivity index (χ4v) is 7.86. The number of fused-ring (bicyclic) bond motifs is 7. The molecule has 0 atom stereocenters. The van der Waals surface area contributed by atoms with Gasteiger partial charge in [0.2, 0.25) is 0 Å². The first-order valence-electron chi connectivity index (χ1n) is 15.9. The maximum absolute atomic E-state index is 6.69. The fourth-order valence-electron chi connectivity index (χ4n) is 6.77. The Kier molecular flexibility index (Phi) is 6.01. The minimum atomic E-state index is 0.604. The summed E-state index contributed by atoms with van der Waals surface area (Å²) in [5.41, 5.74) is 6.56. The van der Waals surface area contributed by atoms with Crippen molar-refractivity contribution < 1.29 is 4.42 Å². The van der Waals surface area contributed by atoms with Crippen LogP contribution in [0.2, 0.25) is 0 Å². The summed E-state index contributed by atoms with van der Waals surface area (Å²) in [6.07, 6.45) is 0. The number of furan rings is 1. The lowest BCUT2D eigenvalue weighted by molar-refractivity contribution is 0.669. The van der Waals surface area contributed by atoms with Crippen LogP contribution in [0.15, 0.2) is 156 Å². The van der Waals surface area contributed by atoms with Crippen molar-refractivity contribution in [3.05, 3.63) is 152 Å². The summed E-state index contributed by atoms with van der Waals surface area (Å²) >= 11 is 1.83. The summed E-state index contributed by atoms with van der Waals surface area (Å²) < 4.78 is 9.25. The first-order chi connectivity index (χ1) is 23.7. The standard InChI is InChI=1S/C43H25N3OS/c1-3-11-26(12-4-1)41-44-42(27-13-5-2-6-14-27)46-43(45-41)35-23-31(30-19-20-39-33(21-30)32-17-9-10-18-38(32)48-39)25-37-40(35)34-22-28-15-7-8-16-29(28)24-36(34)47-37/h1-25H. The second-order valence-electron chi connectivity index (χ2n) is 12.0. The van der Waals surface area contributed by atoms with Gasteiger partial charge in [-0.2, -0.15) is 0 Å². The molecule has 0 amide bonds. The zero-order valence-electron chi connectivity index (χ0n) is 25.6. The number of rotatable bonds is 4. The number of hydrogen-bond donors (Lipinski definition) is 0. The van der Waals surface area contributed by atoms with Crippen LogP contribution >= 0.6 is 11.3 Å². The molecule has 3 heterocycles. The fraction of sp³-hybridized carbons (Fsp3) is 0. The van der Waals surface area contributed by atoms with Crippen molar-refractivity contribution in [3.63, 3.8) is 0 Å². The molecule has 0 unspecified atom stereocenters. The van der Waals surface area contributed by atoms with E-state index < -0.39 is 0 Å². The number of nitrogens with zero attached hydrogens (tertiary/aromatic N) is 3. The second kappa shape index (κ2) is 10.7. The molecule has 0 N–H and O–H groups in total. The van der Waals surface area contributed by atoms with Crippen molar-refractivity contribution in [1.29, 1.82) is 0 Å². The van der Waals surface area contributed by atoms with Crippen molar-refractivity contribution in [2.75, 3.05) is 0 Å². The van der Waals surface area contributed by atoms with Crippen LogP contribution in [-0.2, 0) is 0 Å². The molecular weight excluding hydrogens is 607 g/mol. The topological polar surface area (TPSA) is 51.8 Å². The van der Waals surface area contributed by atoms with E-state index >= 15 is 0 Å². The molecule has 5 heteroatoms. The van der Waals surface area contributed by atoms with Gasteiger partial charge in [0.25, 0.3) is 0 Å². The van der Waals surface area contributed by atoms with E-state index in [0.29, 0.717) is 17.5 Å². The Morgan fingerprint density at radius 1 is 0.396 bits per heavy atom. The zero-order valence-corrected chi connectivity index (χ0v) is 26.4. The molecule has 0 spiro atoms. The zero-order chi connectivity index (χ0) is 31.6. The highest BCUT2D eigenvalue weighted by Crippen LogP contribution is 2.42. The highest BCUT2D eigenvalue weighted by atomic mass is 32.1. The number of thiophene rings is 1. The van der Waals surface area contributed by atoms with Crippen LogP contribution in [0.1, 0.15) is 0 Å². The molecule has 0 saturated carbocycles. The number of aromatic nitrogens is 3. The van der Waals surface area contributed by atoms with Crippen LogP contribution in [0.25, 0.3) is 98.2 Å². The van der Waals surface area contributed by atoms with E-state index in [2.05, 4.69) is 91.0 Å². The van der Waals surface area contributed by atoms with Gasteiger partial charge in [0.05, 0.1) is 0 Å². The van der Waals surface area contributed by atoms with Crippen LogP contribution in [0.3, 0.4) is 0 Å². The summed E-state index contributed by atoms with van der Waals surface area (Å²) in [7, 11) is 0. The van der Waals surface area contributed by atoms with Gasteiger partial charge >= 0.3 is 0 Å². The normalized spacial score (nSPS) is 11.8. The summed E-state index contributed by atoms with van der Waals surface area (Å²) in [5, 5.41) is 6.84. The molecule has 0 fully saturated rings. The van der Waals surface area contributed by atoms with Crippen molar-refractivity contribution in [1.82, 2.24) is 15.0 Å². The third-order valence-corrected chi connectivity index (χ3v) is 10.2. The van der Waals surface area contributed by atoms with Gasteiger partial charge in [-0.05, 0) is 64.4 Å². The van der Waals surface area contributed by atoms with Crippen LogP contribution in [0.5, 0.6) is 0 Å². The molecule has 10 rings (SSSR count). The van der Waals surface area contributed by atoms with E-state index in [4.69, 9.17) is 19.4 Å². The Bertz CT molecular complexity index is 2780. The van der Waals surface area contributed by atoms with Crippen LogP contribution in [0.4, 0.5) is 0 Å². The predicted molar refractivity (Wildman–Crippen MR) is 199 cm³/mol. The Morgan fingerprint density at radius 3 is 1.77 bits per heavy atom. The Labute approximate surface area is 279 Å². The van der Waals surface area contributed by atoms with E-state index in [1.807, 2.05) is 72.0 Å². The van der Waals surface area contributed by atoms with Gasteiger partial charge in [-0.15, -0.1) is 11.3 Å².